The molecule has 79 heavy (non-hydrogen) atoms. The average molecular weight is 1120 g/mol. The molecule has 0 aromatic carbocycles. The van der Waals surface area contributed by atoms with Crippen molar-refractivity contribution in [3.63, 3.8) is 0 Å². The van der Waals surface area contributed by atoms with Crippen molar-refractivity contribution in [2.45, 2.75) is 384 Å². The van der Waals surface area contributed by atoms with E-state index in [0.717, 1.165) is 57.8 Å². The van der Waals surface area contributed by atoms with Gasteiger partial charge in [-0.05, 0) is 51.4 Å². The number of nitrogens with one attached hydrogen (secondary N) is 1. The van der Waals surface area contributed by atoms with Crippen LogP contribution in [0.3, 0.4) is 0 Å². The maximum absolute atomic E-state index is 13.5. The molecule has 8 atom stereocenters. The van der Waals surface area contributed by atoms with Crippen molar-refractivity contribution in [1.29, 1.82) is 0 Å². The molecule has 0 radical (unpaired) electrons. The number of esters is 1. The summed E-state index contributed by atoms with van der Waals surface area (Å²) in [6.45, 7) is 5.83. The van der Waals surface area contributed by atoms with Crippen LogP contribution in [0.4, 0.5) is 0 Å². The van der Waals surface area contributed by atoms with Gasteiger partial charge in [0.15, 0.2) is 12.4 Å². The van der Waals surface area contributed by atoms with Gasteiger partial charge in [-0.1, -0.05) is 302 Å². The monoisotopic (exact) mass is 1120 g/mol. The van der Waals surface area contributed by atoms with E-state index in [0.29, 0.717) is 19.3 Å². The standard InChI is InChI=1S/C68H129NO10/c1-4-7-10-13-16-19-22-25-27-28-29-30-31-32-33-35-37-40-43-46-49-52-55-61(72)67(76)69-59(60(71)54-51-48-45-42-39-36-24-21-18-15-12-9-6-3)58-77-68-66(65(75)64(74)62(57-70)78-68)79-63(73)56-53-50-47-44-41-38-34-26-23-20-17-14-11-8-5-2/h25,27,51,54,59-62,64-66,68,70-72,74-75H,4-24,26,28-50,52-53,55-58H2,1-3H3,(H,69,76)/b27-25+,54-51+. The number of hydrogen-bond acceptors (Lipinski definition) is 10. The van der Waals surface area contributed by atoms with Crippen LogP contribution in [0.15, 0.2) is 24.3 Å². The Kier molecular flexibility index (Phi) is 53.9. The number of carbonyl (C=O) groups is 2. The number of allylic oxidation sites excluding steroid dienone is 3. The molecule has 1 rings (SSSR count). The van der Waals surface area contributed by atoms with Crippen LogP contribution in [0.1, 0.15) is 335 Å². The zero-order chi connectivity index (χ0) is 57.5. The summed E-state index contributed by atoms with van der Waals surface area (Å²) in [5.41, 5.74) is 0. The van der Waals surface area contributed by atoms with Crippen molar-refractivity contribution < 1.29 is 49.3 Å². The van der Waals surface area contributed by atoms with E-state index < -0.39 is 67.4 Å². The Balaban J connectivity index is 2.61. The minimum Gasteiger partial charge on any atom is -0.454 e. The van der Waals surface area contributed by atoms with Crippen LogP contribution >= 0.6 is 0 Å². The van der Waals surface area contributed by atoms with Crippen LogP contribution in [0.25, 0.3) is 0 Å². The lowest BCUT2D eigenvalue weighted by Gasteiger charge is -2.41. The van der Waals surface area contributed by atoms with Crippen LogP contribution in [0.2, 0.25) is 0 Å². The zero-order valence-electron chi connectivity index (χ0n) is 51.8. The molecule has 1 amide bonds. The van der Waals surface area contributed by atoms with Crippen LogP contribution in [-0.4, -0.2) is 99.6 Å². The highest BCUT2D eigenvalue weighted by Gasteiger charge is 2.47. The lowest BCUT2D eigenvalue weighted by Crippen LogP contribution is -2.61. The van der Waals surface area contributed by atoms with Crippen molar-refractivity contribution in [3.8, 4) is 0 Å². The fourth-order valence-corrected chi connectivity index (χ4v) is 10.9. The summed E-state index contributed by atoms with van der Waals surface area (Å²) in [4.78, 5) is 26.6. The van der Waals surface area contributed by atoms with Gasteiger partial charge in [0, 0.05) is 6.42 Å². The number of amides is 1. The maximum atomic E-state index is 13.5. The lowest BCUT2D eigenvalue weighted by molar-refractivity contribution is -0.305. The fourth-order valence-electron chi connectivity index (χ4n) is 10.9. The van der Waals surface area contributed by atoms with E-state index in [9.17, 15) is 35.1 Å². The molecule has 1 fully saturated rings. The third-order valence-electron chi connectivity index (χ3n) is 16.4. The van der Waals surface area contributed by atoms with Gasteiger partial charge in [0.2, 0.25) is 5.91 Å². The van der Waals surface area contributed by atoms with E-state index in [4.69, 9.17) is 14.2 Å². The molecule has 0 spiro atoms. The zero-order valence-corrected chi connectivity index (χ0v) is 51.8. The van der Waals surface area contributed by atoms with E-state index in [1.807, 2.05) is 6.08 Å². The summed E-state index contributed by atoms with van der Waals surface area (Å²) in [5.74, 6) is -1.18. The molecular formula is C68H129NO10. The molecule has 0 aliphatic carbocycles. The normalized spacial score (nSPS) is 18.9. The molecule has 0 saturated carbocycles. The van der Waals surface area contributed by atoms with Gasteiger partial charge in [-0.15, -0.1) is 0 Å². The van der Waals surface area contributed by atoms with E-state index in [2.05, 4.69) is 38.2 Å². The van der Waals surface area contributed by atoms with Gasteiger partial charge >= 0.3 is 5.97 Å². The second-order valence-electron chi connectivity index (χ2n) is 23.9. The Hall–Kier alpha value is -1.86. The highest BCUT2D eigenvalue weighted by Crippen LogP contribution is 2.26. The molecule has 0 aromatic heterocycles. The van der Waals surface area contributed by atoms with Crippen LogP contribution < -0.4 is 5.32 Å². The van der Waals surface area contributed by atoms with Gasteiger partial charge in [0.25, 0.3) is 0 Å². The molecule has 1 aliphatic rings. The van der Waals surface area contributed by atoms with Crippen molar-refractivity contribution in [2.75, 3.05) is 13.2 Å². The number of unbranched alkanes of at least 4 members (excludes halogenated alkanes) is 43. The second-order valence-corrected chi connectivity index (χ2v) is 23.9. The third kappa shape index (κ3) is 44.4. The Morgan fingerprint density at radius 3 is 1.23 bits per heavy atom. The van der Waals surface area contributed by atoms with Crippen LogP contribution in [0.5, 0.6) is 0 Å². The number of aliphatic hydroxyl groups excluding tert-OH is 5. The highest BCUT2D eigenvalue weighted by molar-refractivity contribution is 5.80. The molecular weight excluding hydrogens is 991 g/mol. The van der Waals surface area contributed by atoms with E-state index in [1.54, 1.807) is 6.08 Å². The Morgan fingerprint density at radius 1 is 0.481 bits per heavy atom. The first-order valence-corrected chi connectivity index (χ1v) is 34.1. The quantitative estimate of drug-likeness (QED) is 0.0195. The largest absolute Gasteiger partial charge is 0.454 e. The van der Waals surface area contributed by atoms with Crippen LogP contribution in [0, 0.1) is 0 Å². The maximum Gasteiger partial charge on any atom is 0.306 e. The molecule has 11 nitrogen and oxygen atoms in total. The summed E-state index contributed by atoms with van der Waals surface area (Å²) >= 11 is 0. The summed E-state index contributed by atoms with van der Waals surface area (Å²) in [6.07, 6.45) is 56.4. The Morgan fingerprint density at radius 2 is 0.835 bits per heavy atom. The first-order valence-electron chi connectivity index (χ1n) is 34.1. The van der Waals surface area contributed by atoms with E-state index >= 15 is 0 Å². The number of carbonyl (C=O) groups excluding carboxylic acids is 2. The van der Waals surface area contributed by atoms with Gasteiger partial charge < -0.3 is 45.1 Å². The summed E-state index contributed by atoms with van der Waals surface area (Å²) in [6, 6.07) is -1.02. The van der Waals surface area contributed by atoms with Crippen molar-refractivity contribution in [3.05, 3.63) is 24.3 Å². The molecule has 0 bridgehead atoms. The summed E-state index contributed by atoms with van der Waals surface area (Å²) < 4.78 is 17.7. The second kappa shape index (κ2) is 56.6. The average Bonchev–Trinajstić information content (AvgIpc) is 3.49. The van der Waals surface area contributed by atoms with E-state index in [-0.39, 0.29) is 13.0 Å². The molecule has 1 aliphatic heterocycles. The number of hydrogen-bond donors (Lipinski definition) is 6. The minimum absolute atomic E-state index is 0.130. The topological polar surface area (TPSA) is 175 Å². The van der Waals surface area contributed by atoms with Crippen molar-refractivity contribution in [1.82, 2.24) is 5.32 Å². The van der Waals surface area contributed by atoms with Gasteiger partial charge in [-0.3, -0.25) is 9.59 Å². The number of rotatable bonds is 59. The van der Waals surface area contributed by atoms with Gasteiger partial charge in [-0.25, -0.2) is 0 Å². The van der Waals surface area contributed by atoms with Crippen molar-refractivity contribution in [2.24, 2.45) is 0 Å². The van der Waals surface area contributed by atoms with Crippen molar-refractivity contribution >= 4 is 11.9 Å². The molecule has 8 unspecified atom stereocenters. The lowest BCUT2D eigenvalue weighted by atomic mass is 9.99. The Bertz CT molecular complexity index is 1380. The fraction of sp³-hybridized carbons (Fsp3) is 0.912. The summed E-state index contributed by atoms with van der Waals surface area (Å²) in [7, 11) is 0. The molecule has 6 N–H and O–H groups in total. The molecule has 1 saturated heterocycles. The first-order chi connectivity index (χ1) is 38.7. The van der Waals surface area contributed by atoms with Crippen LogP contribution in [-0.2, 0) is 23.8 Å². The molecule has 0 aromatic rings. The van der Waals surface area contributed by atoms with Gasteiger partial charge in [-0.2, -0.15) is 0 Å². The smallest absolute Gasteiger partial charge is 0.306 e. The predicted molar refractivity (Wildman–Crippen MR) is 329 cm³/mol. The molecule has 1 heterocycles. The SMILES string of the molecule is CCCCCCCC/C=C/CCCCCCCCCCCCCCC(O)C(=O)NC(COC1OC(CO)C(O)C(O)C1OC(=O)CCCCCCCCCCCCCCCCC)C(O)/C=C/CCCCCCCCCCCCC. The highest BCUT2D eigenvalue weighted by atomic mass is 16.7. The molecule has 11 heteroatoms. The van der Waals surface area contributed by atoms with E-state index in [1.165, 1.54) is 231 Å². The number of aliphatic hydroxyl groups is 5. The summed E-state index contributed by atoms with van der Waals surface area (Å²) in [5, 5.41) is 57.1. The third-order valence-corrected chi connectivity index (χ3v) is 16.4. The van der Waals surface area contributed by atoms with Gasteiger partial charge in [0.1, 0.15) is 24.4 Å². The first kappa shape index (κ1) is 75.2. The number of ether oxygens (including phenoxy) is 3. The predicted octanol–water partition coefficient (Wildman–Crippen LogP) is 16.8. The molecule has 466 valence electrons. The van der Waals surface area contributed by atoms with Gasteiger partial charge in [0.05, 0.1) is 25.4 Å². The Labute approximate surface area is 486 Å². The minimum atomic E-state index is -1.61.